The number of benzene rings is 3. The summed E-state index contributed by atoms with van der Waals surface area (Å²) in [6.07, 6.45) is 1.04. The van der Waals surface area contributed by atoms with E-state index in [0.717, 1.165) is 5.39 Å². The first kappa shape index (κ1) is 19.9. The third-order valence-electron chi connectivity index (χ3n) is 5.34. The van der Waals surface area contributed by atoms with Crippen molar-refractivity contribution in [3.05, 3.63) is 77.6 Å². The molecule has 1 aliphatic rings. The molecule has 0 aliphatic carbocycles. The highest BCUT2D eigenvalue weighted by molar-refractivity contribution is 5.94. The topological polar surface area (TPSA) is 66.8 Å². The number of piperidine rings is 1. The van der Waals surface area contributed by atoms with E-state index in [1.54, 1.807) is 30.3 Å². The van der Waals surface area contributed by atoms with Crippen molar-refractivity contribution in [2.45, 2.75) is 25.4 Å². The van der Waals surface area contributed by atoms with E-state index in [1.807, 2.05) is 23.1 Å². The number of carbonyl (C=O) groups is 2. The molecule has 1 fully saturated rings. The van der Waals surface area contributed by atoms with Crippen LogP contribution >= 0.6 is 0 Å². The number of carboxylic acid groups (broad SMARTS) is 1. The number of halogens is 1. The lowest BCUT2D eigenvalue weighted by Gasteiger charge is -2.32. The van der Waals surface area contributed by atoms with Gasteiger partial charge in [0.1, 0.15) is 17.7 Å². The van der Waals surface area contributed by atoms with Gasteiger partial charge in [0.05, 0.1) is 6.42 Å². The summed E-state index contributed by atoms with van der Waals surface area (Å²) in [4.78, 5) is 25.6. The van der Waals surface area contributed by atoms with Gasteiger partial charge in [-0.05, 0) is 41.3 Å². The van der Waals surface area contributed by atoms with Gasteiger partial charge in [-0.25, -0.2) is 4.39 Å². The largest absolute Gasteiger partial charge is 0.490 e. The lowest BCUT2D eigenvalue weighted by Crippen LogP contribution is -2.41. The molecule has 0 atom stereocenters. The molecule has 154 valence electrons. The Bertz CT molecular complexity index is 1080. The van der Waals surface area contributed by atoms with Crippen molar-refractivity contribution in [3.63, 3.8) is 0 Å². The first-order valence-corrected chi connectivity index (χ1v) is 9.94. The van der Waals surface area contributed by atoms with Crippen molar-refractivity contribution < 1.29 is 23.8 Å². The lowest BCUT2D eigenvalue weighted by atomic mass is 10.0. The number of nitrogens with zero attached hydrogens (tertiary/aromatic N) is 1. The van der Waals surface area contributed by atoms with E-state index in [0.29, 0.717) is 48.2 Å². The highest BCUT2D eigenvalue weighted by atomic mass is 19.1. The van der Waals surface area contributed by atoms with Gasteiger partial charge in [0.15, 0.2) is 0 Å². The van der Waals surface area contributed by atoms with E-state index in [9.17, 15) is 14.0 Å². The van der Waals surface area contributed by atoms with Gasteiger partial charge in [-0.15, -0.1) is 0 Å². The number of amides is 1. The molecule has 0 spiro atoms. The van der Waals surface area contributed by atoms with Crippen LogP contribution in [-0.2, 0) is 11.2 Å². The maximum absolute atomic E-state index is 13.8. The van der Waals surface area contributed by atoms with Gasteiger partial charge in [0, 0.05) is 36.9 Å². The zero-order chi connectivity index (χ0) is 21.1. The number of hydrogen-bond donors (Lipinski definition) is 1. The minimum absolute atomic E-state index is 0.00465. The Labute approximate surface area is 173 Å². The summed E-state index contributed by atoms with van der Waals surface area (Å²) in [5.41, 5.74) is 1.27. The van der Waals surface area contributed by atoms with Gasteiger partial charge in [0.2, 0.25) is 0 Å². The van der Waals surface area contributed by atoms with Gasteiger partial charge in [-0.1, -0.05) is 30.3 Å². The molecule has 0 aromatic heterocycles. The van der Waals surface area contributed by atoms with Crippen LogP contribution in [0.4, 0.5) is 4.39 Å². The van der Waals surface area contributed by atoms with E-state index < -0.39 is 5.97 Å². The average molecular weight is 407 g/mol. The van der Waals surface area contributed by atoms with Crippen molar-refractivity contribution in [2.75, 3.05) is 13.1 Å². The molecule has 1 aliphatic heterocycles. The molecule has 3 aromatic carbocycles. The zero-order valence-electron chi connectivity index (χ0n) is 16.4. The highest BCUT2D eigenvalue weighted by Crippen LogP contribution is 2.31. The molecule has 5 nitrogen and oxygen atoms in total. The van der Waals surface area contributed by atoms with E-state index in [1.165, 1.54) is 12.1 Å². The van der Waals surface area contributed by atoms with Gasteiger partial charge >= 0.3 is 5.97 Å². The highest BCUT2D eigenvalue weighted by Gasteiger charge is 2.25. The SMILES string of the molecule is O=C(O)Cc1cc(OC2CCN(C(=O)c3ccccc3)CC2)c2cc(F)ccc2c1. The molecule has 3 aromatic rings. The normalized spacial score (nSPS) is 14.6. The third-order valence-corrected chi connectivity index (χ3v) is 5.34. The summed E-state index contributed by atoms with van der Waals surface area (Å²) >= 11 is 0. The average Bonchev–Trinajstić information content (AvgIpc) is 2.74. The Kier molecular flexibility index (Phi) is 5.65. The molecular weight excluding hydrogens is 385 g/mol. The second kappa shape index (κ2) is 8.53. The van der Waals surface area contributed by atoms with Crippen LogP contribution in [0.2, 0.25) is 0 Å². The predicted molar refractivity (Wildman–Crippen MR) is 111 cm³/mol. The van der Waals surface area contributed by atoms with Gasteiger partial charge < -0.3 is 14.7 Å². The van der Waals surface area contributed by atoms with E-state index in [4.69, 9.17) is 9.84 Å². The molecule has 1 amide bonds. The first-order chi connectivity index (χ1) is 14.5. The van der Waals surface area contributed by atoms with Crippen LogP contribution in [0.25, 0.3) is 10.8 Å². The summed E-state index contributed by atoms with van der Waals surface area (Å²) in [6.45, 7) is 1.14. The van der Waals surface area contributed by atoms with Crippen LogP contribution in [-0.4, -0.2) is 41.1 Å². The minimum Gasteiger partial charge on any atom is -0.490 e. The number of fused-ring (bicyclic) bond motifs is 1. The summed E-state index contributed by atoms with van der Waals surface area (Å²) in [5.74, 6) is -0.821. The van der Waals surface area contributed by atoms with E-state index >= 15 is 0 Å². The van der Waals surface area contributed by atoms with Crippen LogP contribution in [0.15, 0.2) is 60.7 Å². The number of ether oxygens (including phenoxy) is 1. The first-order valence-electron chi connectivity index (χ1n) is 9.94. The van der Waals surface area contributed by atoms with Gasteiger partial charge in [-0.2, -0.15) is 0 Å². The number of hydrogen-bond acceptors (Lipinski definition) is 3. The Morgan fingerprint density at radius 1 is 1.03 bits per heavy atom. The van der Waals surface area contributed by atoms with Crippen molar-refractivity contribution in [1.29, 1.82) is 0 Å². The molecule has 1 saturated heterocycles. The Hall–Kier alpha value is -3.41. The quantitative estimate of drug-likeness (QED) is 0.685. The minimum atomic E-state index is -0.935. The van der Waals surface area contributed by atoms with Crippen LogP contribution < -0.4 is 4.74 Å². The monoisotopic (exact) mass is 407 g/mol. The van der Waals surface area contributed by atoms with Gasteiger partial charge in [0.25, 0.3) is 5.91 Å². The smallest absolute Gasteiger partial charge is 0.307 e. The van der Waals surface area contributed by atoms with Crippen molar-refractivity contribution in [2.24, 2.45) is 0 Å². The lowest BCUT2D eigenvalue weighted by molar-refractivity contribution is -0.136. The molecule has 1 N–H and O–H groups in total. The predicted octanol–water partition coefficient (Wildman–Crippen LogP) is 4.29. The summed E-state index contributed by atoms with van der Waals surface area (Å²) < 4.78 is 20.0. The molecule has 4 rings (SSSR count). The fraction of sp³-hybridized carbons (Fsp3) is 0.250. The zero-order valence-corrected chi connectivity index (χ0v) is 16.4. The summed E-state index contributed by atoms with van der Waals surface area (Å²) in [5, 5.41) is 10.5. The number of likely N-dealkylation sites (tertiary alicyclic amines) is 1. The Morgan fingerprint density at radius 3 is 2.47 bits per heavy atom. The van der Waals surface area contributed by atoms with E-state index in [2.05, 4.69) is 0 Å². The number of aliphatic carboxylic acids is 1. The molecule has 0 radical (unpaired) electrons. The fourth-order valence-electron chi connectivity index (χ4n) is 3.85. The molecular formula is C24H22FNO4. The summed E-state index contributed by atoms with van der Waals surface area (Å²) in [7, 11) is 0. The molecule has 30 heavy (non-hydrogen) atoms. The van der Waals surface area contributed by atoms with E-state index in [-0.39, 0.29) is 24.2 Å². The van der Waals surface area contributed by atoms with Crippen molar-refractivity contribution >= 4 is 22.6 Å². The standard InChI is InChI=1S/C24H22FNO4/c25-19-7-6-18-12-16(14-23(27)28)13-22(21(18)15-19)30-20-8-10-26(11-9-20)24(29)17-4-2-1-3-5-17/h1-7,12-13,15,20H,8-11,14H2,(H,27,28). The van der Waals surface area contributed by atoms with Crippen LogP contribution in [0.5, 0.6) is 5.75 Å². The molecule has 0 saturated carbocycles. The third kappa shape index (κ3) is 4.43. The number of rotatable bonds is 5. The second-order valence-electron chi connectivity index (χ2n) is 7.51. The second-order valence-corrected chi connectivity index (χ2v) is 7.51. The maximum atomic E-state index is 13.8. The van der Waals surface area contributed by atoms with Gasteiger partial charge in [-0.3, -0.25) is 9.59 Å². The molecule has 1 heterocycles. The fourth-order valence-corrected chi connectivity index (χ4v) is 3.85. The van der Waals surface area contributed by atoms with Crippen LogP contribution in [0.1, 0.15) is 28.8 Å². The molecule has 6 heteroatoms. The number of carbonyl (C=O) groups excluding carboxylic acids is 1. The Balaban J connectivity index is 1.50. The summed E-state index contributed by atoms with van der Waals surface area (Å²) in [6, 6.07) is 17.0. The molecule has 0 unspecified atom stereocenters. The van der Waals surface area contributed by atoms with Crippen molar-refractivity contribution in [1.82, 2.24) is 4.90 Å². The Morgan fingerprint density at radius 2 is 1.77 bits per heavy atom. The number of carboxylic acids is 1. The molecule has 0 bridgehead atoms. The maximum Gasteiger partial charge on any atom is 0.307 e. The van der Waals surface area contributed by atoms with Crippen molar-refractivity contribution in [3.8, 4) is 5.75 Å². The van der Waals surface area contributed by atoms with Crippen LogP contribution in [0, 0.1) is 5.82 Å². The van der Waals surface area contributed by atoms with Crippen LogP contribution in [0.3, 0.4) is 0 Å².